The summed E-state index contributed by atoms with van der Waals surface area (Å²) in [6.45, 7) is 4.04. The second kappa shape index (κ2) is 7.27. The Bertz CT molecular complexity index is 532. The molecule has 0 amide bonds. The highest BCUT2D eigenvalue weighted by Gasteiger charge is 2.18. The summed E-state index contributed by atoms with van der Waals surface area (Å²) >= 11 is 0. The fraction of sp³-hybridized carbons (Fsp3) is 0.625. The molecule has 2 rings (SSSR count). The van der Waals surface area contributed by atoms with E-state index in [0.29, 0.717) is 17.4 Å². The van der Waals surface area contributed by atoms with Crippen LogP contribution in [0.15, 0.2) is 29.2 Å². The number of nitrogens with zero attached hydrogens (tertiary/aromatic N) is 1. The molecule has 1 aliphatic heterocycles. The summed E-state index contributed by atoms with van der Waals surface area (Å²) in [5.74, 6) is 0.219. The van der Waals surface area contributed by atoms with Crippen LogP contribution in [0.3, 0.4) is 0 Å². The second-order valence-corrected chi connectivity index (χ2v) is 7.87. The van der Waals surface area contributed by atoms with Gasteiger partial charge in [0.2, 0.25) is 0 Å². The van der Waals surface area contributed by atoms with E-state index >= 15 is 0 Å². The van der Waals surface area contributed by atoms with Crippen molar-refractivity contribution in [3.63, 3.8) is 0 Å². The van der Waals surface area contributed by atoms with Crippen LogP contribution in [0.25, 0.3) is 0 Å². The van der Waals surface area contributed by atoms with Gasteiger partial charge in [-0.15, -0.1) is 0 Å². The van der Waals surface area contributed by atoms with E-state index in [0.717, 1.165) is 25.2 Å². The van der Waals surface area contributed by atoms with Gasteiger partial charge in [0, 0.05) is 18.8 Å². The van der Waals surface area contributed by atoms with Crippen molar-refractivity contribution in [3.8, 4) is 0 Å². The van der Waals surface area contributed by atoms with Gasteiger partial charge in [-0.05, 0) is 63.0 Å². The molecule has 1 saturated heterocycles. The molecule has 1 aliphatic rings. The Morgan fingerprint density at radius 2 is 1.90 bits per heavy atom. The minimum absolute atomic E-state index is 0.219. The lowest BCUT2D eigenvalue weighted by Gasteiger charge is -2.29. The molecule has 1 atom stereocenters. The monoisotopic (exact) mass is 310 g/mol. The molecule has 1 aromatic rings. The Morgan fingerprint density at radius 1 is 1.19 bits per heavy atom. The van der Waals surface area contributed by atoms with Gasteiger partial charge in [-0.1, -0.05) is 6.92 Å². The summed E-state index contributed by atoms with van der Waals surface area (Å²) < 4.78 is 24.1. The third-order valence-electron chi connectivity index (χ3n) is 4.17. The largest absolute Gasteiger partial charge is 0.372 e. The molecular weight excluding hydrogens is 284 g/mol. The molecule has 1 unspecified atom stereocenters. The number of hydrogen-bond donors (Lipinski definition) is 1. The molecular formula is C16H26N2O2S. The minimum atomic E-state index is -3.11. The lowest BCUT2D eigenvalue weighted by Crippen LogP contribution is -2.32. The highest BCUT2D eigenvalue weighted by Crippen LogP contribution is 2.23. The molecule has 5 heteroatoms. The second-order valence-electron chi connectivity index (χ2n) is 5.76. The number of anilines is 1. The Kier molecular flexibility index (Phi) is 5.65. The number of rotatable bonds is 5. The first-order valence-corrected chi connectivity index (χ1v) is 9.46. The predicted molar refractivity (Wildman–Crippen MR) is 87.7 cm³/mol. The van der Waals surface area contributed by atoms with Gasteiger partial charge in [0.15, 0.2) is 9.84 Å². The summed E-state index contributed by atoms with van der Waals surface area (Å²) in [4.78, 5) is 2.72. The van der Waals surface area contributed by atoms with Crippen molar-refractivity contribution in [1.82, 2.24) is 5.32 Å². The van der Waals surface area contributed by atoms with Crippen LogP contribution >= 0.6 is 0 Å². The molecule has 1 aromatic carbocycles. The summed E-state index contributed by atoms with van der Waals surface area (Å²) in [7, 11) is -1.01. The first-order valence-electron chi connectivity index (χ1n) is 7.81. The van der Waals surface area contributed by atoms with E-state index in [1.165, 1.54) is 12.8 Å². The maximum absolute atomic E-state index is 12.0. The van der Waals surface area contributed by atoms with Crippen LogP contribution in [0.5, 0.6) is 0 Å². The van der Waals surface area contributed by atoms with E-state index in [-0.39, 0.29) is 5.75 Å². The van der Waals surface area contributed by atoms with E-state index in [2.05, 4.69) is 17.3 Å². The van der Waals surface area contributed by atoms with Crippen molar-refractivity contribution < 1.29 is 8.42 Å². The average Bonchev–Trinajstić information content (AvgIpc) is 2.76. The number of benzene rings is 1. The van der Waals surface area contributed by atoms with Crippen LogP contribution in [0.1, 0.15) is 32.6 Å². The standard InChI is InChI=1S/C16H26N2O2S/c1-3-13-21(19,20)16-8-6-15(7-9-16)18(2)14-5-4-11-17-12-10-14/h6-9,14,17H,3-5,10-13H2,1-2H3. The van der Waals surface area contributed by atoms with Crippen LogP contribution < -0.4 is 10.2 Å². The maximum atomic E-state index is 12.0. The number of nitrogens with one attached hydrogen (secondary N) is 1. The maximum Gasteiger partial charge on any atom is 0.178 e. The Morgan fingerprint density at radius 3 is 2.57 bits per heavy atom. The topological polar surface area (TPSA) is 49.4 Å². The number of hydrogen-bond acceptors (Lipinski definition) is 4. The Balaban J connectivity index is 2.10. The third kappa shape index (κ3) is 4.20. The zero-order valence-corrected chi connectivity index (χ0v) is 13.8. The Labute approximate surface area is 128 Å². The summed E-state index contributed by atoms with van der Waals surface area (Å²) in [6, 6.07) is 7.87. The molecule has 1 N–H and O–H groups in total. The van der Waals surface area contributed by atoms with Gasteiger partial charge in [-0.3, -0.25) is 0 Å². The smallest absolute Gasteiger partial charge is 0.178 e. The van der Waals surface area contributed by atoms with Crippen molar-refractivity contribution in [2.45, 2.75) is 43.5 Å². The summed E-state index contributed by atoms with van der Waals surface area (Å²) in [5.41, 5.74) is 1.09. The molecule has 0 aromatic heterocycles. The van der Waals surface area contributed by atoms with Gasteiger partial charge in [0.25, 0.3) is 0 Å². The van der Waals surface area contributed by atoms with Gasteiger partial charge in [-0.2, -0.15) is 0 Å². The minimum Gasteiger partial charge on any atom is -0.372 e. The molecule has 21 heavy (non-hydrogen) atoms. The van der Waals surface area contributed by atoms with Gasteiger partial charge in [-0.25, -0.2) is 8.42 Å². The van der Waals surface area contributed by atoms with E-state index in [1.54, 1.807) is 12.1 Å². The summed E-state index contributed by atoms with van der Waals surface area (Å²) in [5, 5.41) is 3.42. The summed E-state index contributed by atoms with van der Waals surface area (Å²) in [6.07, 6.45) is 4.16. The van der Waals surface area contributed by atoms with E-state index in [4.69, 9.17) is 0 Å². The average molecular weight is 310 g/mol. The van der Waals surface area contributed by atoms with Crippen LogP contribution in [0, 0.1) is 0 Å². The lowest BCUT2D eigenvalue weighted by atomic mass is 10.1. The SMILES string of the molecule is CCCS(=O)(=O)c1ccc(N(C)C2CCCNCC2)cc1. The Hall–Kier alpha value is -1.07. The molecule has 4 nitrogen and oxygen atoms in total. The van der Waals surface area contributed by atoms with Crippen molar-refractivity contribution in [2.75, 3.05) is 30.8 Å². The molecule has 0 bridgehead atoms. The molecule has 0 radical (unpaired) electrons. The fourth-order valence-electron chi connectivity index (χ4n) is 2.87. The quantitative estimate of drug-likeness (QED) is 0.907. The van der Waals surface area contributed by atoms with Gasteiger partial charge in [0.1, 0.15) is 0 Å². The van der Waals surface area contributed by atoms with Gasteiger partial charge in [0.05, 0.1) is 10.6 Å². The molecule has 0 aliphatic carbocycles. The van der Waals surface area contributed by atoms with E-state index < -0.39 is 9.84 Å². The molecule has 118 valence electrons. The predicted octanol–water partition coefficient (Wildman–Crippen LogP) is 2.45. The van der Waals surface area contributed by atoms with Crippen LogP contribution in [0.2, 0.25) is 0 Å². The lowest BCUT2D eigenvalue weighted by molar-refractivity contribution is 0.566. The van der Waals surface area contributed by atoms with Crippen molar-refractivity contribution in [1.29, 1.82) is 0 Å². The van der Waals surface area contributed by atoms with Crippen LogP contribution in [0.4, 0.5) is 5.69 Å². The third-order valence-corrected chi connectivity index (χ3v) is 6.11. The molecule has 0 spiro atoms. The van der Waals surface area contributed by atoms with E-state index in [9.17, 15) is 8.42 Å². The fourth-order valence-corrected chi connectivity index (χ4v) is 4.20. The highest BCUT2D eigenvalue weighted by molar-refractivity contribution is 7.91. The van der Waals surface area contributed by atoms with Crippen LogP contribution in [-0.2, 0) is 9.84 Å². The van der Waals surface area contributed by atoms with E-state index in [1.807, 2.05) is 19.1 Å². The number of sulfone groups is 1. The van der Waals surface area contributed by atoms with Crippen molar-refractivity contribution >= 4 is 15.5 Å². The zero-order valence-electron chi connectivity index (χ0n) is 13.0. The first kappa shape index (κ1) is 16.3. The highest BCUT2D eigenvalue weighted by atomic mass is 32.2. The molecule has 0 saturated carbocycles. The van der Waals surface area contributed by atoms with Gasteiger partial charge < -0.3 is 10.2 Å². The molecule has 1 fully saturated rings. The van der Waals surface area contributed by atoms with Crippen LogP contribution in [-0.4, -0.2) is 40.3 Å². The molecule has 1 heterocycles. The van der Waals surface area contributed by atoms with Crippen molar-refractivity contribution in [2.24, 2.45) is 0 Å². The zero-order chi connectivity index (χ0) is 15.3. The van der Waals surface area contributed by atoms with Crippen molar-refractivity contribution in [3.05, 3.63) is 24.3 Å². The van der Waals surface area contributed by atoms with Gasteiger partial charge >= 0.3 is 0 Å². The normalized spacial score (nSPS) is 20.0. The first-order chi connectivity index (χ1) is 10.0.